The number of rotatable bonds is 9. The molecule has 0 aliphatic rings. The lowest BCUT2D eigenvalue weighted by Gasteiger charge is -2.14. The van der Waals surface area contributed by atoms with Gasteiger partial charge < -0.3 is 20.1 Å². The van der Waals surface area contributed by atoms with Crippen molar-refractivity contribution in [1.29, 1.82) is 0 Å². The summed E-state index contributed by atoms with van der Waals surface area (Å²) in [7, 11) is 1.58. The fourth-order valence-corrected chi connectivity index (χ4v) is 3.34. The van der Waals surface area contributed by atoms with E-state index in [1.165, 1.54) is 0 Å². The number of para-hydroxylation sites is 2. The molecule has 0 aromatic heterocycles. The lowest BCUT2D eigenvalue weighted by Crippen LogP contribution is -2.32. The van der Waals surface area contributed by atoms with Gasteiger partial charge in [0.1, 0.15) is 11.5 Å². The number of amides is 3. The van der Waals surface area contributed by atoms with Gasteiger partial charge in [0, 0.05) is 17.9 Å². The molecule has 0 fully saturated rings. The molecule has 3 N–H and O–H groups in total. The van der Waals surface area contributed by atoms with Crippen LogP contribution in [0.1, 0.15) is 25.0 Å². The van der Waals surface area contributed by atoms with Crippen molar-refractivity contribution in [1.82, 2.24) is 5.32 Å². The topological polar surface area (TPSA) is 88.7 Å². The zero-order chi connectivity index (χ0) is 24.3. The number of carbonyl (C=O) groups excluding carboxylic acids is 2. The van der Waals surface area contributed by atoms with Gasteiger partial charge in [-0.1, -0.05) is 50.2 Å². The van der Waals surface area contributed by atoms with E-state index in [0.717, 1.165) is 16.8 Å². The molecule has 3 rings (SSSR count). The van der Waals surface area contributed by atoms with Crippen LogP contribution in [0.15, 0.2) is 72.8 Å². The largest absolute Gasteiger partial charge is 0.497 e. The third-order valence-corrected chi connectivity index (χ3v) is 5.12. The first-order valence-corrected chi connectivity index (χ1v) is 11.3. The van der Waals surface area contributed by atoms with Crippen LogP contribution < -0.4 is 25.4 Å². The van der Waals surface area contributed by atoms with E-state index in [2.05, 4.69) is 16.0 Å². The Morgan fingerprint density at radius 3 is 1.85 bits per heavy atom. The van der Waals surface area contributed by atoms with E-state index >= 15 is 0 Å². The predicted molar refractivity (Wildman–Crippen MR) is 135 cm³/mol. The third kappa shape index (κ3) is 7.55. The van der Waals surface area contributed by atoms with E-state index in [-0.39, 0.29) is 6.03 Å². The first kappa shape index (κ1) is 24.6. The standard InChI is InChI=1S/C27H31N3O4/c1-19(2)18-28-26(31)29-24-10-6-4-8-20(24)12-13-21-9-5-7-11-25(21)30-27(32)34-23-16-14-22(33-3)15-17-23/h4-11,14-17,19H,12-13,18H2,1-3H3,(H,30,32)(H2,28,29,31). The molecule has 0 atom stereocenters. The number of ether oxygens (including phenoxy) is 2. The molecule has 7 heteroatoms. The number of hydrogen-bond acceptors (Lipinski definition) is 4. The van der Waals surface area contributed by atoms with Gasteiger partial charge in [-0.25, -0.2) is 9.59 Å². The van der Waals surface area contributed by atoms with Crippen LogP contribution in [0.3, 0.4) is 0 Å². The van der Waals surface area contributed by atoms with Crippen LogP contribution in [0.25, 0.3) is 0 Å². The Bertz CT molecular complexity index is 1100. The Morgan fingerprint density at radius 2 is 1.29 bits per heavy atom. The van der Waals surface area contributed by atoms with Gasteiger partial charge in [0.25, 0.3) is 0 Å². The van der Waals surface area contributed by atoms with Crippen molar-refractivity contribution in [3.05, 3.63) is 83.9 Å². The van der Waals surface area contributed by atoms with Gasteiger partial charge in [-0.2, -0.15) is 0 Å². The van der Waals surface area contributed by atoms with Gasteiger partial charge in [0.2, 0.25) is 0 Å². The average Bonchev–Trinajstić information content (AvgIpc) is 2.83. The Kier molecular flexibility index (Phi) is 8.91. The average molecular weight is 462 g/mol. The van der Waals surface area contributed by atoms with Crippen molar-refractivity contribution in [2.75, 3.05) is 24.3 Å². The zero-order valence-electron chi connectivity index (χ0n) is 19.8. The Balaban J connectivity index is 1.62. The molecule has 0 heterocycles. The van der Waals surface area contributed by atoms with Crippen LogP contribution in [0.2, 0.25) is 0 Å². The van der Waals surface area contributed by atoms with Crippen LogP contribution in [-0.4, -0.2) is 25.8 Å². The number of methoxy groups -OCH3 is 1. The zero-order valence-corrected chi connectivity index (χ0v) is 19.8. The Morgan fingerprint density at radius 1 is 0.765 bits per heavy atom. The van der Waals surface area contributed by atoms with Crippen molar-refractivity contribution in [2.45, 2.75) is 26.7 Å². The number of benzene rings is 3. The van der Waals surface area contributed by atoms with E-state index < -0.39 is 6.09 Å². The summed E-state index contributed by atoms with van der Waals surface area (Å²) in [5.74, 6) is 1.48. The van der Waals surface area contributed by atoms with Crippen molar-refractivity contribution < 1.29 is 19.1 Å². The molecule has 0 radical (unpaired) electrons. The smallest absolute Gasteiger partial charge is 0.417 e. The van der Waals surface area contributed by atoms with Gasteiger partial charge in [-0.15, -0.1) is 0 Å². The first-order valence-electron chi connectivity index (χ1n) is 11.3. The second-order valence-corrected chi connectivity index (χ2v) is 8.23. The SMILES string of the molecule is COc1ccc(OC(=O)Nc2ccccc2CCc2ccccc2NC(=O)NCC(C)C)cc1. The summed E-state index contributed by atoms with van der Waals surface area (Å²) in [4.78, 5) is 24.6. The molecular weight excluding hydrogens is 430 g/mol. The maximum Gasteiger partial charge on any atom is 0.417 e. The first-order chi connectivity index (χ1) is 16.4. The van der Waals surface area contributed by atoms with Gasteiger partial charge in [0.15, 0.2) is 0 Å². The summed E-state index contributed by atoms with van der Waals surface area (Å²) >= 11 is 0. The summed E-state index contributed by atoms with van der Waals surface area (Å²) in [6, 6.07) is 21.9. The fourth-order valence-electron chi connectivity index (χ4n) is 3.34. The molecule has 3 amide bonds. The highest BCUT2D eigenvalue weighted by molar-refractivity contribution is 5.90. The van der Waals surface area contributed by atoms with Gasteiger partial charge in [-0.3, -0.25) is 5.32 Å². The normalized spacial score (nSPS) is 10.5. The molecule has 3 aromatic carbocycles. The molecule has 7 nitrogen and oxygen atoms in total. The molecule has 0 aliphatic heterocycles. The Hall–Kier alpha value is -4.00. The second kappa shape index (κ2) is 12.3. The summed E-state index contributed by atoms with van der Waals surface area (Å²) in [6.07, 6.45) is 0.791. The van der Waals surface area contributed by atoms with E-state index in [0.29, 0.717) is 42.5 Å². The summed E-state index contributed by atoms with van der Waals surface area (Å²) < 4.78 is 10.5. The quantitative estimate of drug-likeness (QED) is 0.372. The van der Waals surface area contributed by atoms with Crippen molar-refractivity contribution in [2.24, 2.45) is 5.92 Å². The Labute approximate surface area is 200 Å². The minimum Gasteiger partial charge on any atom is -0.497 e. The summed E-state index contributed by atoms with van der Waals surface area (Å²) in [5, 5.41) is 8.63. The van der Waals surface area contributed by atoms with E-state index in [1.807, 2.05) is 62.4 Å². The monoisotopic (exact) mass is 461 g/mol. The molecule has 0 saturated heterocycles. The highest BCUT2D eigenvalue weighted by Gasteiger charge is 2.11. The highest BCUT2D eigenvalue weighted by Crippen LogP contribution is 2.22. The van der Waals surface area contributed by atoms with Gasteiger partial charge in [-0.05, 0) is 66.3 Å². The summed E-state index contributed by atoms with van der Waals surface area (Å²) in [6.45, 7) is 4.71. The molecule has 34 heavy (non-hydrogen) atoms. The minimum atomic E-state index is -0.568. The number of aryl methyl sites for hydroxylation is 2. The third-order valence-electron chi connectivity index (χ3n) is 5.12. The number of anilines is 2. The van der Waals surface area contributed by atoms with E-state index in [9.17, 15) is 9.59 Å². The number of nitrogens with one attached hydrogen (secondary N) is 3. The van der Waals surface area contributed by atoms with E-state index in [4.69, 9.17) is 9.47 Å². The molecular formula is C27H31N3O4. The molecule has 178 valence electrons. The second-order valence-electron chi connectivity index (χ2n) is 8.23. The van der Waals surface area contributed by atoms with Crippen LogP contribution in [0, 0.1) is 5.92 Å². The highest BCUT2D eigenvalue weighted by atomic mass is 16.6. The van der Waals surface area contributed by atoms with Crippen molar-refractivity contribution in [3.8, 4) is 11.5 Å². The van der Waals surface area contributed by atoms with Crippen LogP contribution in [0.4, 0.5) is 21.0 Å². The molecule has 3 aromatic rings. The number of carbonyl (C=O) groups is 2. The van der Waals surface area contributed by atoms with Gasteiger partial charge in [0.05, 0.1) is 7.11 Å². The number of hydrogen-bond donors (Lipinski definition) is 3. The molecule has 0 spiro atoms. The minimum absolute atomic E-state index is 0.218. The lowest BCUT2D eigenvalue weighted by atomic mass is 10.0. The van der Waals surface area contributed by atoms with Crippen LogP contribution in [0.5, 0.6) is 11.5 Å². The van der Waals surface area contributed by atoms with Crippen molar-refractivity contribution in [3.63, 3.8) is 0 Å². The lowest BCUT2D eigenvalue weighted by molar-refractivity contribution is 0.215. The van der Waals surface area contributed by atoms with E-state index in [1.54, 1.807) is 31.4 Å². The van der Waals surface area contributed by atoms with Crippen LogP contribution >= 0.6 is 0 Å². The maximum atomic E-state index is 12.4. The number of urea groups is 1. The maximum absolute atomic E-state index is 12.4. The molecule has 0 unspecified atom stereocenters. The van der Waals surface area contributed by atoms with Gasteiger partial charge >= 0.3 is 12.1 Å². The van der Waals surface area contributed by atoms with Crippen molar-refractivity contribution >= 4 is 23.5 Å². The summed E-state index contributed by atoms with van der Waals surface area (Å²) in [5.41, 5.74) is 3.43. The molecule has 0 aliphatic carbocycles. The fraction of sp³-hybridized carbons (Fsp3) is 0.259. The molecule has 0 saturated carbocycles. The predicted octanol–water partition coefficient (Wildman–Crippen LogP) is 5.87. The van der Waals surface area contributed by atoms with Crippen LogP contribution in [-0.2, 0) is 12.8 Å². The molecule has 0 bridgehead atoms.